The molecule has 0 aromatic heterocycles. The molecule has 0 bridgehead atoms. The van der Waals surface area contributed by atoms with Crippen molar-refractivity contribution in [3.63, 3.8) is 0 Å². The summed E-state index contributed by atoms with van der Waals surface area (Å²) in [5.41, 5.74) is 0. The van der Waals surface area contributed by atoms with Gasteiger partial charge >= 0.3 is 6.09 Å². The lowest BCUT2D eigenvalue weighted by Crippen LogP contribution is -2.44. The summed E-state index contributed by atoms with van der Waals surface area (Å²) in [6.45, 7) is 3.94. The number of cyclic esters (lactones) is 1. The second kappa shape index (κ2) is 2.48. The molecule has 0 aromatic rings. The van der Waals surface area contributed by atoms with Gasteiger partial charge in [0, 0.05) is 19.5 Å². The summed E-state index contributed by atoms with van der Waals surface area (Å²) in [6.07, 6.45) is 0.812. The fourth-order valence-corrected chi connectivity index (χ4v) is 1.12. The van der Waals surface area contributed by atoms with E-state index in [1.165, 1.54) is 0 Å². The zero-order valence-electron chi connectivity index (χ0n) is 6.63. The molecule has 1 amide bonds. The summed E-state index contributed by atoms with van der Waals surface area (Å²) in [4.78, 5) is 12.5. The van der Waals surface area contributed by atoms with Gasteiger partial charge in [0.05, 0.1) is 0 Å². The van der Waals surface area contributed by atoms with E-state index in [1.807, 2.05) is 13.8 Å². The van der Waals surface area contributed by atoms with Crippen LogP contribution in [0.1, 0.15) is 20.3 Å². The Bertz CT molecular complexity index is 147. The molecule has 0 aromatic carbocycles. The van der Waals surface area contributed by atoms with Gasteiger partial charge in [0.25, 0.3) is 0 Å². The van der Waals surface area contributed by atoms with Gasteiger partial charge in [-0.2, -0.15) is 0 Å². The monoisotopic (exact) mass is 143 g/mol. The summed E-state index contributed by atoms with van der Waals surface area (Å²) >= 11 is 0. The largest absolute Gasteiger partial charge is 0.446 e. The van der Waals surface area contributed by atoms with Crippen LogP contribution in [0.2, 0.25) is 0 Å². The van der Waals surface area contributed by atoms with E-state index < -0.39 is 0 Å². The number of carbonyl (C=O) groups excluding carboxylic acids is 1. The molecule has 1 saturated heterocycles. The van der Waals surface area contributed by atoms with Crippen molar-refractivity contribution in [3.8, 4) is 0 Å². The lowest BCUT2D eigenvalue weighted by Gasteiger charge is -2.32. The minimum Gasteiger partial charge on any atom is -0.446 e. The van der Waals surface area contributed by atoms with Crippen molar-refractivity contribution in [2.45, 2.75) is 32.4 Å². The van der Waals surface area contributed by atoms with Gasteiger partial charge in [-0.3, -0.25) is 0 Å². The number of hydrogen-bond donors (Lipinski definition) is 0. The Morgan fingerprint density at radius 3 is 2.70 bits per heavy atom. The van der Waals surface area contributed by atoms with Crippen LogP contribution >= 0.6 is 0 Å². The predicted molar refractivity (Wildman–Crippen MR) is 37.8 cm³/mol. The number of ether oxygens (including phenoxy) is 1. The lowest BCUT2D eigenvalue weighted by molar-refractivity contribution is 0.0205. The molecule has 0 aliphatic carbocycles. The molecule has 1 fully saturated rings. The van der Waals surface area contributed by atoms with E-state index in [1.54, 1.807) is 11.9 Å². The van der Waals surface area contributed by atoms with Gasteiger partial charge in [-0.1, -0.05) is 0 Å². The maximum absolute atomic E-state index is 10.9. The van der Waals surface area contributed by atoms with Crippen molar-refractivity contribution >= 4 is 6.09 Å². The molecule has 0 spiro atoms. The molecule has 1 aliphatic rings. The van der Waals surface area contributed by atoms with Crippen LogP contribution in [-0.4, -0.2) is 30.2 Å². The summed E-state index contributed by atoms with van der Waals surface area (Å²) in [5, 5.41) is 0. The Balaban J connectivity index is 2.57. The van der Waals surface area contributed by atoms with E-state index in [2.05, 4.69) is 0 Å². The second-order valence-electron chi connectivity index (χ2n) is 2.89. The molecule has 3 nitrogen and oxygen atoms in total. The van der Waals surface area contributed by atoms with Crippen molar-refractivity contribution in [2.24, 2.45) is 0 Å². The van der Waals surface area contributed by atoms with Gasteiger partial charge < -0.3 is 9.64 Å². The lowest BCUT2D eigenvalue weighted by atomic mass is 10.1. The maximum atomic E-state index is 10.9. The van der Waals surface area contributed by atoms with E-state index in [-0.39, 0.29) is 12.2 Å². The predicted octanol–water partition coefficient (Wildman–Crippen LogP) is 1.24. The van der Waals surface area contributed by atoms with E-state index in [0.29, 0.717) is 6.04 Å². The highest BCUT2D eigenvalue weighted by Gasteiger charge is 2.26. The molecule has 0 saturated carbocycles. The summed E-state index contributed by atoms with van der Waals surface area (Å²) in [7, 11) is 1.76. The van der Waals surface area contributed by atoms with Gasteiger partial charge in [0.1, 0.15) is 6.10 Å². The third-order valence-electron chi connectivity index (χ3n) is 1.92. The van der Waals surface area contributed by atoms with Crippen LogP contribution in [0.4, 0.5) is 4.79 Å². The molecule has 1 aliphatic heterocycles. The highest BCUT2D eigenvalue weighted by atomic mass is 16.6. The molecule has 1 rings (SSSR count). The number of carbonyl (C=O) groups is 1. The first-order valence-corrected chi connectivity index (χ1v) is 3.54. The first-order valence-electron chi connectivity index (χ1n) is 3.54. The molecular formula is C7H13NO2. The van der Waals surface area contributed by atoms with Crippen LogP contribution in [0.25, 0.3) is 0 Å². The Kier molecular flexibility index (Phi) is 1.83. The molecule has 0 N–H and O–H groups in total. The molecule has 3 heteroatoms. The molecular weight excluding hydrogens is 130 g/mol. The fourth-order valence-electron chi connectivity index (χ4n) is 1.12. The Hall–Kier alpha value is -0.730. The van der Waals surface area contributed by atoms with Gasteiger partial charge in [0.15, 0.2) is 0 Å². The second-order valence-corrected chi connectivity index (χ2v) is 2.89. The Morgan fingerprint density at radius 1 is 1.60 bits per heavy atom. The number of amides is 1. The summed E-state index contributed by atoms with van der Waals surface area (Å²) < 4.78 is 4.96. The normalized spacial score (nSPS) is 33.9. The van der Waals surface area contributed by atoms with E-state index in [0.717, 1.165) is 6.42 Å². The smallest absolute Gasteiger partial charge is 0.410 e. The average Bonchev–Trinajstić information content (AvgIpc) is 1.82. The minimum atomic E-state index is -0.203. The topological polar surface area (TPSA) is 29.5 Å². The van der Waals surface area contributed by atoms with Crippen LogP contribution in [0.3, 0.4) is 0 Å². The van der Waals surface area contributed by atoms with Crippen LogP contribution in [-0.2, 0) is 4.74 Å². The third-order valence-corrected chi connectivity index (χ3v) is 1.92. The quantitative estimate of drug-likeness (QED) is 0.510. The van der Waals surface area contributed by atoms with Gasteiger partial charge in [-0.05, 0) is 13.8 Å². The summed E-state index contributed by atoms with van der Waals surface area (Å²) in [5.74, 6) is 0. The van der Waals surface area contributed by atoms with Crippen molar-refractivity contribution < 1.29 is 9.53 Å². The number of nitrogens with zero attached hydrogens (tertiary/aromatic N) is 1. The fraction of sp³-hybridized carbons (Fsp3) is 0.857. The zero-order valence-corrected chi connectivity index (χ0v) is 6.63. The average molecular weight is 143 g/mol. The molecule has 58 valence electrons. The van der Waals surface area contributed by atoms with E-state index in [9.17, 15) is 4.79 Å². The Labute approximate surface area is 61.0 Å². The molecule has 2 atom stereocenters. The van der Waals surface area contributed by atoms with Crippen LogP contribution in [0.5, 0.6) is 0 Å². The number of rotatable bonds is 0. The highest BCUT2D eigenvalue weighted by molar-refractivity contribution is 5.68. The zero-order chi connectivity index (χ0) is 7.72. The first kappa shape index (κ1) is 7.38. The molecule has 0 radical (unpaired) electrons. The molecule has 10 heavy (non-hydrogen) atoms. The van der Waals surface area contributed by atoms with Gasteiger partial charge in [-0.15, -0.1) is 0 Å². The minimum absolute atomic E-state index is 0.0821. The SMILES string of the molecule is C[C@H]1C[C@H](C)N(C)C(=O)O1. The van der Waals surface area contributed by atoms with Crippen molar-refractivity contribution in [1.29, 1.82) is 0 Å². The summed E-state index contributed by atoms with van der Waals surface area (Å²) in [6, 6.07) is 0.316. The highest BCUT2D eigenvalue weighted by Crippen LogP contribution is 2.15. The first-order chi connectivity index (χ1) is 4.61. The van der Waals surface area contributed by atoms with Crippen LogP contribution < -0.4 is 0 Å². The Morgan fingerprint density at radius 2 is 2.20 bits per heavy atom. The van der Waals surface area contributed by atoms with Crippen molar-refractivity contribution in [1.82, 2.24) is 4.90 Å². The van der Waals surface area contributed by atoms with Crippen LogP contribution in [0.15, 0.2) is 0 Å². The number of hydrogen-bond acceptors (Lipinski definition) is 2. The molecule has 1 heterocycles. The maximum Gasteiger partial charge on any atom is 0.410 e. The van der Waals surface area contributed by atoms with Crippen LogP contribution in [0, 0.1) is 0 Å². The van der Waals surface area contributed by atoms with Crippen molar-refractivity contribution in [3.05, 3.63) is 0 Å². The van der Waals surface area contributed by atoms with Gasteiger partial charge in [0.2, 0.25) is 0 Å². The standard InChI is InChI=1S/C7H13NO2/c1-5-4-6(2)10-7(9)8(5)3/h5-6H,4H2,1-3H3/t5-,6-/m0/s1. The van der Waals surface area contributed by atoms with E-state index >= 15 is 0 Å². The van der Waals surface area contributed by atoms with E-state index in [4.69, 9.17) is 4.74 Å². The third kappa shape index (κ3) is 1.23. The van der Waals surface area contributed by atoms with Gasteiger partial charge in [-0.25, -0.2) is 4.79 Å². The molecule has 0 unspecified atom stereocenters. The van der Waals surface area contributed by atoms with Crippen molar-refractivity contribution in [2.75, 3.05) is 7.05 Å².